The molecule has 2 heteroatoms. The topological polar surface area (TPSA) is 26.3 Å². The quantitative estimate of drug-likeness (QED) is 0.146. The highest BCUT2D eigenvalue weighted by atomic mass is 16.5. The summed E-state index contributed by atoms with van der Waals surface area (Å²) in [5.41, 5.74) is 4.46. The predicted octanol–water partition coefficient (Wildman–Crippen LogP) is 10.0. The van der Waals surface area contributed by atoms with Gasteiger partial charge in [-0.25, -0.2) is 4.79 Å². The Kier molecular flexibility index (Phi) is 15.2. The number of allylic oxidation sites excluding steroid dienone is 4. The zero-order valence-electron chi connectivity index (χ0n) is 22.9. The van der Waals surface area contributed by atoms with Crippen LogP contribution in [0.25, 0.3) is 0 Å². The van der Waals surface area contributed by atoms with Gasteiger partial charge in [0.25, 0.3) is 0 Å². The second-order valence-electron chi connectivity index (χ2n) is 10.1. The van der Waals surface area contributed by atoms with Gasteiger partial charge in [0, 0.05) is 11.5 Å². The molecule has 2 nitrogen and oxygen atoms in total. The van der Waals surface area contributed by atoms with Gasteiger partial charge in [0.2, 0.25) is 0 Å². The van der Waals surface area contributed by atoms with Crippen molar-refractivity contribution in [2.24, 2.45) is 0 Å². The van der Waals surface area contributed by atoms with E-state index in [-0.39, 0.29) is 5.92 Å². The molecular formula is C33H50O2. The van der Waals surface area contributed by atoms with E-state index in [2.05, 4.69) is 57.1 Å². The summed E-state index contributed by atoms with van der Waals surface area (Å²) in [5.74, 6) is 3.36. The smallest absolute Gasteiger partial charge is 0.128 e. The lowest BCUT2D eigenvalue weighted by atomic mass is 9.76. The Bertz CT molecular complexity index is 811. The normalized spacial score (nSPS) is 15.8. The van der Waals surface area contributed by atoms with Gasteiger partial charge in [-0.15, -0.1) is 0 Å². The van der Waals surface area contributed by atoms with Crippen LogP contribution in [0.3, 0.4) is 0 Å². The Labute approximate surface area is 215 Å². The van der Waals surface area contributed by atoms with Gasteiger partial charge in [-0.2, -0.15) is 0 Å². The zero-order valence-corrected chi connectivity index (χ0v) is 22.9. The first-order valence-electron chi connectivity index (χ1n) is 14.6. The number of ether oxygens (including phenoxy) is 1. The van der Waals surface area contributed by atoms with Gasteiger partial charge in [-0.3, -0.25) is 0 Å². The summed E-state index contributed by atoms with van der Waals surface area (Å²) in [4.78, 5) is 12.2. The lowest BCUT2D eigenvalue weighted by Crippen LogP contribution is -2.16. The molecule has 194 valence electrons. The molecule has 1 unspecified atom stereocenters. The summed E-state index contributed by atoms with van der Waals surface area (Å²) in [7, 11) is 0. The maximum atomic E-state index is 12.2. The number of unbranched alkanes of at least 4 members (excludes halogenated alkanes) is 12. The Morgan fingerprint density at radius 2 is 1.26 bits per heavy atom. The maximum Gasteiger partial charge on any atom is 0.128 e. The van der Waals surface area contributed by atoms with Crippen LogP contribution in [-0.4, -0.2) is 12.5 Å². The largest absolute Gasteiger partial charge is 0.494 e. The molecule has 0 saturated carbocycles. The molecule has 1 atom stereocenters. The zero-order chi connectivity index (χ0) is 25.1. The molecule has 0 amide bonds. The summed E-state index contributed by atoms with van der Waals surface area (Å²) in [6.07, 6.45) is 22.1. The number of rotatable bonds is 19. The van der Waals surface area contributed by atoms with Crippen molar-refractivity contribution in [1.29, 1.82) is 0 Å². The summed E-state index contributed by atoms with van der Waals surface area (Å²) in [6.45, 7) is 7.27. The highest BCUT2D eigenvalue weighted by Crippen LogP contribution is 2.43. The van der Waals surface area contributed by atoms with Crippen LogP contribution in [0.5, 0.6) is 0 Å². The van der Waals surface area contributed by atoms with Gasteiger partial charge in [-0.1, -0.05) is 121 Å². The van der Waals surface area contributed by atoms with Crippen LogP contribution < -0.4 is 0 Å². The third-order valence-corrected chi connectivity index (χ3v) is 7.21. The SMILES string of the molecule is CCCCCCCCCC1=CC(=C=O)C(c2ccccc2)C(CCCCCCCCC)=C1OCC. The molecule has 35 heavy (non-hydrogen) atoms. The van der Waals surface area contributed by atoms with Crippen molar-refractivity contribution < 1.29 is 9.53 Å². The van der Waals surface area contributed by atoms with E-state index < -0.39 is 0 Å². The van der Waals surface area contributed by atoms with Crippen LogP contribution in [-0.2, 0) is 9.53 Å². The molecule has 2 rings (SSSR count). The van der Waals surface area contributed by atoms with E-state index in [9.17, 15) is 4.79 Å². The second-order valence-corrected chi connectivity index (χ2v) is 10.1. The van der Waals surface area contributed by atoms with Crippen LogP contribution in [0, 0.1) is 0 Å². The second kappa shape index (κ2) is 18.3. The van der Waals surface area contributed by atoms with Crippen molar-refractivity contribution in [3.8, 4) is 0 Å². The third-order valence-electron chi connectivity index (χ3n) is 7.21. The van der Waals surface area contributed by atoms with Crippen LogP contribution in [0.15, 0.2) is 58.9 Å². The van der Waals surface area contributed by atoms with E-state index in [0.717, 1.165) is 37.0 Å². The van der Waals surface area contributed by atoms with Gasteiger partial charge in [-0.05, 0) is 55.4 Å². The monoisotopic (exact) mass is 478 g/mol. The molecule has 0 heterocycles. The summed E-state index contributed by atoms with van der Waals surface area (Å²) < 4.78 is 6.34. The van der Waals surface area contributed by atoms with Crippen molar-refractivity contribution in [1.82, 2.24) is 0 Å². The molecule has 0 spiro atoms. The third kappa shape index (κ3) is 10.2. The van der Waals surface area contributed by atoms with E-state index in [0.29, 0.717) is 6.61 Å². The predicted molar refractivity (Wildman–Crippen MR) is 150 cm³/mol. The van der Waals surface area contributed by atoms with Crippen LogP contribution >= 0.6 is 0 Å². The number of hydrogen-bond donors (Lipinski definition) is 0. The van der Waals surface area contributed by atoms with Gasteiger partial charge in [0.1, 0.15) is 11.7 Å². The lowest BCUT2D eigenvalue weighted by molar-refractivity contribution is 0.227. The fourth-order valence-electron chi connectivity index (χ4n) is 5.29. The van der Waals surface area contributed by atoms with E-state index >= 15 is 0 Å². The van der Waals surface area contributed by atoms with E-state index in [1.807, 2.05) is 6.07 Å². The first-order valence-corrected chi connectivity index (χ1v) is 14.6. The van der Waals surface area contributed by atoms with Crippen LogP contribution in [0.2, 0.25) is 0 Å². The maximum absolute atomic E-state index is 12.2. The van der Waals surface area contributed by atoms with Crippen molar-refractivity contribution >= 4 is 5.94 Å². The number of benzene rings is 1. The molecule has 0 radical (unpaired) electrons. The molecule has 1 aliphatic carbocycles. The molecule has 0 bridgehead atoms. The highest BCUT2D eigenvalue weighted by molar-refractivity contribution is 5.68. The Balaban J connectivity index is 2.17. The molecule has 0 saturated heterocycles. The minimum absolute atomic E-state index is 0.0341. The molecule has 1 aromatic carbocycles. The van der Waals surface area contributed by atoms with Crippen molar-refractivity contribution in [2.45, 2.75) is 129 Å². The first kappa shape index (κ1) is 29.2. The molecular weight excluding hydrogens is 428 g/mol. The molecule has 1 aromatic rings. The Morgan fingerprint density at radius 1 is 0.714 bits per heavy atom. The van der Waals surface area contributed by atoms with Crippen molar-refractivity contribution in [3.63, 3.8) is 0 Å². The summed E-state index contributed by atoms with van der Waals surface area (Å²) >= 11 is 0. The average Bonchev–Trinajstić information content (AvgIpc) is 2.89. The van der Waals surface area contributed by atoms with E-state index in [4.69, 9.17) is 4.74 Å². The molecule has 0 fully saturated rings. The van der Waals surface area contributed by atoms with Crippen molar-refractivity contribution in [2.75, 3.05) is 6.61 Å². The molecule has 0 N–H and O–H groups in total. The first-order chi connectivity index (χ1) is 17.3. The van der Waals surface area contributed by atoms with Gasteiger partial charge >= 0.3 is 0 Å². The fraction of sp³-hybridized carbons (Fsp3) is 0.636. The van der Waals surface area contributed by atoms with Gasteiger partial charge < -0.3 is 4.74 Å². The highest BCUT2D eigenvalue weighted by Gasteiger charge is 2.30. The number of hydrogen-bond acceptors (Lipinski definition) is 2. The standard InChI is InChI=1S/C33H50O2/c1-4-7-9-11-13-15-18-24-29-26-30(27-34)32(28-22-19-17-20-23-28)31(33(29)35-6-3)25-21-16-14-12-10-8-5-2/h17,19-20,22-23,26,32H,4-16,18,21,24-25H2,1-3H3. The van der Waals surface area contributed by atoms with Crippen LogP contribution in [0.4, 0.5) is 0 Å². The van der Waals surface area contributed by atoms with E-state index in [1.165, 1.54) is 93.8 Å². The van der Waals surface area contributed by atoms with Crippen molar-refractivity contribution in [3.05, 3.63) is 64.4 Å². The summed E-state index contributed by atoms with van der Waals surface area (Å²) in [5, 5.41) is 0. The Morgan fingerprint density at radius 3 is 1.80 bits per heavy atom. The lowest BCUT2D eigenvalue weighted by Gasteiger charge is -2.30. The van der Waals surface area contributed by atoms with E-state index in [1.54, 1.807) is 0 Å². The molecule has 0 aromatic heterocycles. The number of carbonyl (C=O) groups excluding carboxylic acids is 1. The minimum atomic E-state index is -0.0341. The van der Waals surface area contributed by atoms with Crippen LogP contribution in [0.1, 0.15) is 135 Å². The average molecular weight is 479 g/mol. The van der Waals surface area contributed by atoms with Gasteiger partial charge in [0.05, 0.1) is 6.61 Å². The van der Waals surface area contributed by atoms with Gasteiger partial charge in [0.15, 0.2) is 0 Å². The fourth-order valence-corrected chi connectivity index (χ4v) is 5.29. The Hall–Kier alpha value is -2.05. The molecule has 0 aliphatic heterocycles. The minimum Gasteiger partial charge on any atom is -0.494 e. The molecule has 1 aliphatic rings. The summed E-state index contributed by atoms with van der Waals surface area (Å²) in [6, 6.07) is 10.5.